The molecule has 0 aliphatic carbocycles. The van der Waals surface area contributed by atoms with E-state index in [2.05, 4.69) is 30.7 Å². The van der Waals surface area contributed by atoms with Crippen molar-refractivity contribution in [1.82, 2.24) is 25.1 Å². The Balaban J connectivity index is 1.41. The highest BCUT2D eigenvalue weighted by atomic mass is 16.5. The molecule has 1 saturated heterocycles. The van der Waals surface area contributed by atoms with Crippen molar-refractivity contribution < 1.29 is 9.53 Å². The van der Waals surface area contributed by atoms with Crippen LogP contribution in [0.15, 0.2) is 94.3 Å². The number of urea groups is 1. The average molecular weight is 561 g/mol. The Hall–Kier alpha value is -5.97. The number of imidazole rings is 1. The zero-order valence-corrected chi connectivity index (χ0v) is 22.4. The maximum absolute atomic E-state index is 13.7. The smallest absolute Gasteiger partial charge is 0.320 e. The maximum Gasteiger partial charge on any atom is 0.320 e. The van der Waals surface area contributed by atoms with Gasteiger partial charge in [-0.25, -0.2) is 14.8 Å². The van der Waals surface area contributed by atoms with Gasteiger partial charge < -0.3 is 19.9 Å². The number of carbonyl (C=O) groups excluding carboxylic acids is 1. The first kappa shape index (κ1) is 26.3. The monoisotopic (exact) mass is 560 g/mol. The lowest BCUT2D eigenvalue weighted by Crippen LogP contribution is -2.54. The number of benzene rings is 3. The van der Waals surface area contributed by atoms with Crippen molar-refractivity contribution in [1.29, 1.82) is 0 Å². The van der Waals surface area contributed by atoms with Gasteiger partial charge in [-0.3, -0.25) is 4.90 Å². The third-order valence-electron chi connectivity index (χ3n) is 7.33. The van der Waals surface area contributed by atoms with Crippen LogP contribution in [0.25, 0.3) is 20.9 Å². The Morgan fingerprint density at radius 2 is 1.55 bits per heavy atom. The highest BCUT2D eigenvalue weighted by molar-refractivity contribution is 5.83. The summed E-state index contributed by atoms with van der Waals surface area (Å²) in [7, 11) is 1.60. The quantitative estimate of drug-likeness (QED) is 0.155. The second kappa shape index (κ2) is 10.9. The standard InChI is InChI=1S/C28H24N12O2/c1-42-23-12-6-20(7-13-23)28-24-25(39(17-33-24)14-18-2-8-21(9-3-18)35-37-29)31-16-32-26(28)40(27(41)34-28)15-19-4-10-22(11-5-19)36-38-30/h2-13,16-17,26H,14-15H2,1H3,(H,31,32)(H,34,41). The van der Waals surface area contributed by atoms with Gasteiger partial charge in [0.2, 0.25) is 0 Å². The molecule has 14 heteroatoms. The van der Waals surface area contributed by atoms with E-state index in [0.717, 1.165) is 16.7 Å². The molecule has 0 saturated carbocycles. The highest BCUT2D eigenvalue weighted by Crippen LogP contribution is 2.44. The van der Waals surface area contributed by atoms with Gasteiger partial charge >= 0.3 is 6.03 Å². The van der Waals surface area contributed by atoms with E-state index in [1.807, 2.05) is 53.1 Å². The fourth-order valence-corrected chi connectivity index (χ4v) is 5.35. The molecule has 2 amide bonds. The predicted molar refractivity (Wildman–Crippen MR) is 155 cm³/mol. The molecule has 4 aromatic rings. The van der Waals surface area contributed by atoms with Gasteiger partial charge in [0, 0.05) is 27.7 Å². The molecular formula is C28H24N12O2. The Labute approximate surface area is 239 Å². The summed E-state index contributed by atoms with van der Waals surface area (Å²) in [5, 5.41) is 13.8. The van der Waals surface area contributed by atoms with Crippen molar-refractivity contribution >= 4 is 29.6 Å². The van der Waals surface area contributed by atoms with Crippen molar-refractivity contribution in [2.75, 3.05) is 7.11 Å². The number of amides is 2. The number of methoxy groups -OCH3 is 1. The van der Waals surface area contributed by atoms with Crippen LogP contribution >= 0.6 is 0 Å². The van der Waals surface area contributed by atoms with Crippen molar-refractivity contribution in [2.45, 2.75) is 24.8 Å². The van der Waals surface area contributed by atoms with E-state index < -0.39 is 11.7 Å². The third kappa shape index (κ3) is 4.58. The second-order valence-corrected chi connectivity index (χ2v) is 9.68. The summed E-state index contributed by atoms with van der Waals surface area (Å²) in [4.78, 5) is 30.6. The summed E-state index contributed by atoms with van der Waals surface area (Å²) in [6.07, 6.45) is 2.71. The number of nitrogens with one attached hydrogen (secondary N) is 2. The number of nitrogens with zero attached hydrogens (tertiary/aromatic N) is 10. The van der Waals surface area contributed by atoms with Gasteiger partial charge in [-0.2, -0.15) is 0 Å². The molecule has 0 bridgehead atoms. The molecule has 2 atom stereocenters. The van der Waals surface area contributed by atoms with Gasteiger partial charge in [-0.1, -0.05) is 70.9 Å². The SMILES string of the molecule is COc1ccc(C23NC(=O)N(Cc4ccc(N=[N+]=[N-])cc4)C2NC=Nc2c3ncn2Cc2ccc(N=[N+]=[N-])cc2)cc1. The molecule has 3 aromatic carbocycles. The number of ether oxygens (including phenoxy) is 1. The van der Waals surface area contributed by atoms with Crippen LogP contribution in [0.2, 0.25) is 0 Å². The van der Waals surface area contributed by atoms with Crippen LogP contribution in [-0.4, -0.2) is 40.1 Å². The highest BCUT2D eigenvalue weighted by Gasteiger charge is 2.57. The molecule has 1 aromatic heterocycles. The number of aliphatic imine (C=N–C) groups is 1. The first-order valence-electron chi connectivity index (χ1n) is 12.9. The molecule has 6 rings (SSSR count). The molecule has 0 radical (unpaired) electrons. The largest absolute Gasteiger partial charge is 0.497 e. The number of aromatic nitrogens is 2. The molecule has 1 fully saturated rings. The van der Waals surface area contributed by atoms with Gasteiger partial charge in [0.15, 0.2) is 11.4 Å². The van der Waals surface area contributed by atoms with Crippen LogP contribution in [0, 0.1) is 0 Å². The topological polar surface area (TPSA) is 181 Å². The van der Waals surface area contributed by atoms with Crippen LogP contribution in [0.3, 0.4) is 0 Å². The van der Waals surface area contributed by atoms with E-state index in [0.29, 0.717) is 35.2 Å². The van der Waals surface area contributed by atoms with Crippen LogP contribution in [0.5, 0.6) is 5.75 Å². The van der Waals surface area contributed by atoms with Crippen molar-refractivity contribution in [3.05, 3.63) is 122 Å². The molecule has 2 unspecified atom stereocenters. The van der Waals surface area contributed by atoms with Crippen molar-refractivity contribution in [3.8, 4) is 5.75 Å². The molecule has 0 spiro atoms. The number of azide groups is 2. The molecule has 42 heavy (non-hydrogen) atoms. The zero-order chi connectivity index (χ0) is 29.1. The van der Waals surface area contributed by atoms with Crippen LogP contribution in [0.1, 0.15) is 22.4 Å². The van der Waals surface area contributed by atoms with E-state index >= 15 is 0 Å². The Morgan fingerprint density at radius 1 is 0.929 bits per heavy atom. The van der Waals surface area contributed by atoms with Crippen molar-refractivity contribution in [2.24, 2.45) is 15.2 Å². The Morgan fingerprint density at radius 3 is 2.14 bits per heavy atom. The summed E-state index contributed by atoms with van der Waals surface area (Å²) in [5.41, 5.74) is 20.5. The van der Waals surface area contributed by atoms with Crippen LogP contribution in [-0.2, 0) is 18.6 Å². The molecule has 2 N–H and O–H groups in total. The number of rotatable bonds is 8. The number of carbonyl (C=O) groups is 1. The lowest BCUT2D eigenvalue weighted by molar-refractivity contribution is 0.186. The minimum absolute atomic E-state index is 0.277. The summed E-state index contributed by atoms with van der Waals surface area (Å²) in [6.45, 7) is 0.730. The van der Waals surface area contributed by atoms with Crippen LogP contribution < -0.4 is 15.4 Å². The van der Waals surface area contributed by atoms with E-state index in [-0.39, 0.29) is 12.6 Å². The van der Waals surface area contributed by atoms with Gasteiger partial charge in [0.25, 0.3) is 0 Å². The summed E-state index contributed by atoms with van der Waals surface area (Å²) in [6, 6.07) is 21.5. The summed E-state index contributed by atoms with van der Waals surface area (Å²) < 4.78 is 7.30. The average Bonchev–Trinajstić information content (AvgIpc) is 3.48. The van der Waals surface area contributed by atoms with E-state index in [4.69, 9.17) is 25.8 Å². The van der Waals surface area contributed by atoms with Gasteiger partial charge in [-0.15, -0.1) is 0 Å². The van der Waals surface area contributed by atoms with Gasteiger partial charge in [0.1, 0.15) is 17.6 Å². The second-order valence-electron chi connectivity index (χ2n) is 9.68. The summed E-state index contributed by atoms with van der Waals surface area (Å²) in [5.74, 6) is 1.27. The molecular weight excluding hydrogens is 536 g/mol. The lowest BCUT2D eigenvalue weighted by atomic mass is 9.84. The fourth-order valence-electron chi connectivity index (χ4n) is 5.35. The van der Waals surface area contributed by atoms with Gasteiger partial charge in [0.05, 0.1) is 26.3 Å². The summed E-state index contributed by atoms with van der Waals surface area (Å²) >= 11 is 0. The maximum atomic E-state index is 13.7. The predicted octanol–water partition coefficient (Wildman–Crippen LogP) is 5.88. The van der Waals surface area contributed by atoms with E-state index in [9.17, 15) is 4.79 Å². The van der Waals surface area contributed by atoms with E-state index in [1.54, 1.807) is 48.9 Å². The minimum Gasteiger partial charge on any atom is -0.497 e. The Bertz CT molecular complexity index is 1750. The molecule has 208 valence electrons. The normalized spacial score (nSPS) is 18.5. The first-order valence-corrected chi connectivity index (χ1v) is 12.9. The van der Waals surface area contributed by atoms with E-state index in [1.165, 1.54) is 0 Å². The molecule has 2 aliphatic heterocycles. The molecule has 3 heterocycles. The number of hydrogen-bond donors (Lipinski definition) is 2. The van der Waals surface area contributed by atoms with Crippen molar-refractivity contribution in [3.63, 3.8) is 0 Å². The Kier molecular flexibility index (Phi) is 6.81. The number of fused-ring (bicyclic) bond motifs is 3. The van der Waals surface area contributed by atoms with Gasteiger partial charge in [-0.05, 0) is 39.9 Å². The first-order chi connectivity index (χ1) is 20.5. The fraction of sp³-hybridized carbons (Fsp3) is 0.179. The number of hydrogen-bond acceptors (Lipinski definition) is 7. The minimum atomic E-state index is -1.10. The van der Waals surface area contributed by atoms with Crippen LogP contribution in [0.4, 0.5) is 22.0 Å². The molecule has 14 nitrogen and oxygen atoms in total. The zero-order valence-electron chi connectivity index (χ0n) is 22.4. The third-order valence-corrected chi connectivity index (χ3v) is 7.33. The lowest BCUT2D eigenvalue weighted by Gasteiger charge is -2.35. The molecule has 2 aliphatic rings.